The average molecular weight is 658 g/mol. The van der Waals surface area contributed by atoms with Crippen molar-refractivity contribution in [3.05, 3.63) is 48.7 Å². The van der Waals surface area contributed by atoms with E-state index < -0.39 is 0 Å². The fourth-order valence-corrected chi connectivity index (χ4v) is 6.31. The number of benzene rings is 1. The summed E-state index contributed by atoms with van der Waals surface area (Å²) in [6.07, 6.45) is 12.4. The second-order valence-electron chi connectivity index (χ2n) is 12.4. The van der Waals surface area contributed by atoms with Crippen LogP contribution >= 0.6 is 0 Å². The molecule has 1 unspecified atom stereocenters. The minimum atomic E-state index is -0.274. The molecule has 1 aliphatic heterocycles. The molecule has 15 nitrogen and oxygen atoms in total. The van der Waals surface area contributed by atoms with Crippen LogP contribution < -0.4 is 14.8 Å². The highest BCUT2D eigenvalue weighted by atomic mass is 16.5. The second-order valence-corrected chi connectivity index (χ2v) is 12.4. The monoisotopic (exact) mass is 657 g/mol. The Labute approximate surface area is 280 Å². The number of nitrogens with zero attached hydrogens (tertiary/aromatic N) is 10. The molecule has 254 valence electrons. The summed E-state index contributed by atoms with van der Waals surface area (Å²) in [7, 11) is 0. The number of rotatable bonds is 14. The molecule has 3 aromatic heterocycles. The van der Waals surface area contributed by atoms with E-state index in [4.69, 9.17) is 24.0 Å². The van der Waals surface area contributed by atoms with Crippen LogP contribution in [0.25, 0.3) is 11.1 Å². The van der Waals surface area contributed by atoms with E-state index in [2.05, 4.69) is 46.5 Å². The standard InChI is InChI=1S/C33H43N11O4/c1-24(2)46-15-16-47-31-29(22-44(39-31)33(9-5-4-6-10-33)42-11-13-45-14-12-42)38-32-35-19-28(20-36-32)26-7-8-27(18-34)30(17-26)48-25(3)21-43-23-37-40-41-43/h7-8,17,19-20,22-25H,4-6,9-16,21H2,1-3H3,(H,35,36,38). The van der Waals surface area contributed by atoms with Crippen LogP contribution in [0.4, 0.5) is 11.6 Å². The lowest BCUT2D eigenvalue weighted by Gasteiger charge is -2.47. The molecular weight excluding hydrogens is 614 g/mol. The molecule has 15 heteroatoms. The van der Waals surface area contributed by atoms with Crippen LogP contribution in [0.2, 0.25) is 0 Å². The van der Waals surface area contributed by atoms with Gasteiger partial charge in [0.15, 0.2) is 0 Å². The lowest BCUT2D eigenvalue weighted by Crippen LogP contribution is -2.56. The predicted molar refractivity (Wildman–Crippen MR) is 176 cm³/mol. The third kappa shape index (κ3) is 7.89. The first-order valence-corrected chi connectivity index (χ1v) is 16.6. The van der Waals surface area contributed by atoms with Gasteiger partial charge in [-0.2, -0.15) is 5.26 Å². The van der Waals surface area contributed by atoms with Crippen LogP contribution in [-0.4, -0.2) is 96.6 Å². The first-order valence-electron chi connectivity index (χ1n) is 16.6. The van der Waals surface area contributed by atoms with Gasteiger partial charge in [-0.05, 0) is 74.6 Å². The molecule has 2 fully saturated rings. The molecule has 0 amide bonds. The van der Waals surface area contributed by atoms with Gasteiger partial charge < -0.3 is 24.3 Å². The minimum Gasteiger partial charge on any atom is -0.487 e. The summed E-state index contributed by atoms with van der Waals surface area (Å²) in [5.41, 5.74) is 2.47. The molecule has 4 heterocycles. The van der Waals surface area contributed by atoms with Crippen molar-refractivity contribution in [3.63, 3.8) is 0 Å². The lowest BCUT2D eigenvalue weighted by molar-refractivity contribution is -0.0837. The zero-order chi connectivity index (χ0) is 33.3. The topological polar surface area (TPSA) is 163 Å². The number of nitrogens with one attached hydrogen (secondary N) is 1. The number of aromatic nitrogens is 8. The number of nitriles is 1. The number of anilines is 2. The maximum absolute atomic E-state index is 9.68. The minimum absolute atomic E-state index is 0.113. The van der Waals surface area contributed by atoms with Crippen molar-refractivity contribution in [1.82, 2.24) is 44.9 Å². The summed E-state index contributed by atoms with van der Waals surface area (Å²) in [6.45, 7) is 10.3. The molecule has 1 aromatic carbocycles. The Hall–Kier alpha value is -4.65. The summed E-state index contributed by atoms with van der Waals surface area (Å²) < 4.78 is 27.4. The maximum Gasteiger partial charge on any atom is 0.257 e. The van der Waals surface area contributed by atoms with Crippen molar-refractivity contribution >= 4 is 11.6 Å². The van der Waals surface area contributed by atoms with Crippen LogP contribution in [0.3, 0.4) is 0 Å². The Morgan fingerprint density at radius 1 is 1.04 bits per heavy atom. The Morgan fingerprint density at radius 3 is 2.54 bits per heavy atom. The van der Waals surface area contributed by atoms with Crippen molar-refractivity contribution < 1.29 is 18.9 Å². The van der Waals surface area contributed by atoms with Crippen LogP contribution in [0.5, 0.6) is 11.6 Å². The summed E-state index contributed by atoms with van der Waals surface area (Å²) in [6, 6.07) is 7.62. The third-order valence-corrected chi connectivity index (χ3v) is 8.63. The SMILES string of the molecule is CC(C)OCCOc1nn(C2(N3CCOCC3)CCCCC2)cc1Nc1ncc(-c2ccc(C#N)c(OC(C)Cn3cnnn3)c2)cn1. The molecule has 1 saturated heterocycles. The van der Waals surface area contributed by atoms with E-state index >= 15 is 0 Å². The Kier molecular flexibility index (Phi) is 10.7. The number of ether oxygens (including phenoxy) is 4. The molecule has 1 N–H and O–H groups in total. The number of hydrogen-bond donors (Lipinski definition) is 1. The largest absolute Gasteiger partial charge is 0.487 e. The van der Waals surface area contributed by atoms with Gasteiger partial charge in [0.25, 0.3) is 5.88 Å². The molecule has 48 heavy (non-hydrogen) atoms. The van der Waals surface area contributed by atoms with E-state index in [0.717, 1.165) is 63.1 Å². The van der Waals surface area contributed by atoms with Crippen molar-refractivity contribution in [2.45, 2.75) is 77.3 Å². The molecule has 2 aliphatic rings. The first-order chi connectivity index (χ1) is 23.4. The fraction of sp³-hybridized carbons (Fsp3) is 0.545. The van der Waals surface area contributed by atoms with Crippen LogP contribution in [0, 0.1) is 11.3 Å². The molecule has 1 atom stereocenters. The molecular formula is C33H43N11O4. The Bertz CT molecular complexity index is 1640. The smallest absolute Gasteiger partial charge is 0.257 e. The number of tetrazole rings is 1. The lowest BCUT2D eigenvalue weighted by atomic mass is 9.87. The van der Waals surface area contributed by atoms with Crippen LogP contribution in [0.15, 0.2) is 43.1 Å². The van der Waals surface area contributed by atoms with Gasteiger partial charge in [-0.25, -0.2) is 19.3 Å². The molecule has 4 aromatic rings. The summed E-state index contributed by atoms with van der Waals surface area (Å²) >= 11 is 0. The number of hydrogen-bond acceptors (Lipinski definition) is 13. The molecule has 6 rings (SSSR count). The summed E-state index contributed by atoms with van der Waals surface area (Å²) in [4.78, 5) is 11.8. The number of morpholine rings is 1. The van der Waals surface area contributed by atoms with Crippen molar-refractivity contribution in [2.24, 2.45) is 0 Å². The quantitative estimate of drug-likeness (QED) is 0.193. The molecule has 0 spiro atoms. The fourth-order valence-electron chi connectivity index (χ4n) is 6.31. The molecule has 0 bridgehead atoms. The van der Waals surface area contributed by atoms with E-state index in [1.165, 1.54) is 12.7 Å². The van der Waals surface area contributed by atoms with Crippen molar-refractivity contribution in [3.8, 4) is 28.8 Å². The van der Waals surface area contributed by atoms with Gasteiger partial charge in [-0.3, -0.25) is 4.90 Å². The highest BCUT2D eigenvalue weighted by Gasteiger charge is 2.42. The van der Waals surface area contributed by atoms with E-state index in [0.29, 0.717) is 48.6 Å². The van der Waals surface area contributed by atoms with Gasteiger partial charge >= 0.3 is 0 Å². The van der Waals surface area contributed by atoms with Crippen LogP contribution in [0.1, 0.15) is 58.4 Å². The van der Waals surface area contributed by atoms with Gasteiger partial charge in [0, 0.05) is 31.0 Å². The van der Waals surface area contributed by atoms with E-state index in [1.54, 1.807) is 23.1 Å². The first kappa shape index (κ1) is 33.3. The zero-order valence-electron chi connectivity index (χ0n) is 27.8. The highest BCUT2D eigenvalue weighted by molar-refractivity contribution is 5.67. The highest BCUT2D eigenvalue weighted by Crippen LogP contribution is 2.40. The normalized spacial score (nSPS) is 17.1. The summed E-state index contributed by atoms with van der Waals surface area (Å²) in [5.74, 6) is 1.36. The maximum atomic E-state index is 9.68. The molecule has 1 aliphatic carbocycles. The Morgan fingerprint density at radius 2 is 1.83 bits per heavy atom. The van der Waals surface area contributed by atoms with Gasteiger partial charge in [0.2, 0.25) is 5.95 Å². The second kappa shape index (κ2) is 15.5. The van der Waals surface area contributed by atoms with Crippen molar-refractivity contribution in [2.75, 3.05) is 44.8 Å². The summed E-state index contributed by atoms with van der Waals surface area (Å²) in [5, 5.41) is 29.3. The van der Waals surface area contributed by atoms with Crippen LogP contribution in [-0.2, 0) is 21.7 Å². The van der Waals surface area contributed by atoms with Gasteiger partial charge in [-0.15, -0.1) is 10.2 Å². The van der Waals surface area contributed by atoms with E-state index in [-0.39, 0.29) is 17.9 Å². The van der Waals surface area contributed by atoms with Gasteiger partial charge in [-0.1, -0.05) is 12.5 Å². The van der Waals surface area contributed by atoms with E-state index in [1.807, 2.05) is 39.1 Å². The zero-order valence-corrected chi connectivity index (χ0v) is 27.8. The van der Waals surface area contributed by atoms with Gasteiger partial charge in [0.1, 0.15) is 42.2 Å². The van der Waals surface area contributed by atoms with E-state index in [9.17, 15) is 5.26 Å². The average Bonchev–Trinajstić information content (AvgIpc) is 3.78. The predicted octanol–water partition coefficient (Wildman–Crippen LogP) is 4.16. The Balaban J connectivity index is 1.22. The molecule has 1 saturated carbocycles. The van der Waals surface area contributed by atoms with Crippen molar-refractivity contribution in [1.29, 1.82) is 5.26 Å². The molecule has 0 radical (unpaired) electrons. The van der Waals surface area contributed by atoms with Gasteiger partial charge in [0.05, 0.1) is 44.2 Å². The third-order valence-electron chi connectivity index (χ3n) is 8.63.